The minimum atomic E-state index is -1.02. The number of carboxylic acid groups (broad SMARTS) is 1. The van der Waals surface area contributed by atoms with Crippen LogP contribution in [0, 0.1) is 0 Å². The van der Waals surface area contributed by atoms with Gasteiger partial charge in [-0.1, -0.05) is 18.2 Å². The van der Waals surface area contributed by atoms with Gasteiger partial charge in [0.1, 0.15) is 0 Å². The summed E-state index contributed by atoms with van der Waals surface area (Å²) in [5.41, 5.74) is 1.68. The lowest BCUT2D eigenvalue weighted by atomic mass is 10.1. The summed E-state index contributed by atoms with van der Waals surface area (Å²) < 4.78 is 1.13. The van der Waals surface area contributed by atoms with Gasteiger partial charge in [0.15, 0.2) is 5.82 Å². The molecule has 1 N–H and O–H groups in total. The van der Waals surface area contributed by atoms with Crippen molar-refractivity contribution in [1.82, 2.24) is 9.55 Å². The summed E-state index contributed by atoms with van der Waals surface area (Å²) in [4.78, 5) is 15.3. The Kier molecular flexibility index (Phi) is 1.71. The normalized spacial score (nSPS) is 11.0. The van der Waals surface area contributed by atoms with Gasteiger partial charge >= 0.3 is 6.09 Å². The molecule has 78 valence electrons. The Morgan fingerprint density at radius 2 is 2.00 bits per heavy atom. The van der Waals surface area contributed by atoms with Crippen LogP contribution in [-0.2, 0) is 0 Å². The Bertz CT molecular complexity index is 657. The van der Waals surface area contributed by atoms with Gasteiger partial charge in [-0.25, -0.2) is 14.3 Å². The van der Waals surface area contributed by atoms with Gasteiger partial charge in [0.25, 0.3) is 0 Å². The van der Waals surface area contributed by atoms with Gasteiger partial charge in [-0.05, 0) is 18.2 Å². The van der Waals surface area contributed by atoms with Crippen LogP contribution in [0.1, 0.15) is 0 Å². The molecule has 1 aromatic carbocycles. The molecule has 2 aliphatic heterocycles. The van der Waals surface area contributed by atoms with Crippen LogP contribution in [-0.4, -0.2) is 20.8 Å². The molecule has 0 unspecified atom stereocenters. The molecule has 0 saturated carbocycles. The summed E-state index contributed by atoms with van der Waals surface area (Å²) in [6, 6.07) is 11.2. The first-order valence-electron chi connectivity index (χ1n) is 4.86. The average Bonchev–Trinajstić information content (AvgIpc) is 2.67. The average molecular weight is 212 g/mol. The highest BCUT2D eigenvalue weighted by Gasteiger charge is 2.16. The fraction of sp³-hybridized carbons (Fsp3) is 0. The number of benzene rings is 1. The Morgan fingerprint density at radius 3 is 2.81 bits per heavy atom. The van der Waals surface area contributed by atoms with E-state index in [2.05, 4.69) is 4.98 Å². The van der Waals surface area contributed by atoms with E-state index in [1.54, 1.807) is 6.07 Å². The molecule has 1 aromatic rings. The minimum Gasteiger partial charge on any atom is -0.464 e. The minimum absolute atomic E-state index is 0.483. The highest BCUT2D eigenvalue weighted by Crippen LogP contribution is 2.30. The third kappa shape index (κ3) is 1.10. The molecule has 0 radical (unpaired) electrons. The number of pyridine rings is 1. The summed E-state index contributed by atoms with van der Waals surface area (Å²) in [6.07, 6.45) is 0.477. The molecule has 0 spiro atoms. The molecule has 4 nitrogen and oxygen atoms in total. The lowest BCUT2D eigenvalue weighted by molar-refractivity contribution is 0.196. The predicted molar refractivity (Wildman–Crippen MR) is 59.8 cm³/mol. The molecule has 0 atom stereocenters. The van der Waals surface area contributed by atoms with Crippen LogP contribution < -0.4 is 0 Å². The predicted octanol–water partition coefficient (Wildman–Crippen LogP) is 2.67. The van der Waals surface area contributed by atoms with Crippen molar-refractivity contribution in [2.24, 2.45) is 0 Å². The Hall–Kier alpha value is -2.36. The smallest absolute Gasteiger partial charge is 0.417 e. The number of hydrogen-bond donors (Lipinski definition) is 1. The summed E-state index contributed by atoms with van der Waals surface area (Å²) in [5.74, 6) is 0.483. The van der Waals surface area contributed by atoms with E-state index >= 15 is 0 Å². The molecule has 0 fully saturated rings. The maximum absolute atomic E-state index is 11.0. The van der Waals surface area contributed by atoms with Crippen molar-refractivity contribution in [2.75, 3.05) is 0 Å². The molecule has 16 heavy (non-hydrogen) atoms. The summed E-state index contributed by atoms with van der Waals surface area (Å²) >= 11 is 0. The van der Waals surface area contributed by atoms with Gasteiger partial charge in [-0.2, -0.15) is 0 Å². The summed E-state index contributed by atoms with van der Waals surface area (Å²) in [6.45, 7) is 0. The Balaban J connectivity index is 2.45. The quantitative estimate of drug-likeness (QED) is 0.623. The van der Waals surface area contributed by atoms with E-state index in [1.807, 2.05) is 30.3 Å². The van der Waals surface area contributed by atoms with Crippen LogP contribution in [0.15, 0.2) is 42.6 Å². The number of nitrogens with zero attached hydrogens (tertiary/aromatic N) is 2. The van der Waals surface area contributed by atoms with Crippen molar-refractivity contribution in [3.8, 4) is 11.4 Å². The largest absolute Gasteiger partial charge is 0.464 e. The topological polar surface area (TPSA) is 55.1 Å². The molecular weight excluding hydrogens is 204 g/mol. The Morgan fingerprint density at radius 1 is 1.19 bits per heavy atom. The standard InChI is InChI=1S/C12H8N2O2/c15-12(16)14-7-3-5-9-8-4-1-2-6-10(8)13-11(9)14/h1-7H,(H,15,16). The third-order valence-electron chi connectivity index (χ3n) is 2.59. The molecule has 0 amide bonds. The van der Waals surface area contributed by atoms with Crippen molar-refractivity contribution in [3.05, 3.63) is 42.6 Å². The molecule has 0 bridgehead atoms. The SMILES string of the molecule is O=C(O)n1cccc2c3ccccc3nc1-2. The van der Waals surface area contributed by atoms with E-state index in [4.69, 9.17) is 5.11 Å². The van der Waals surface area contributed by atoms with Crippen LogP contribution in [0.5, 0.6) is 0 Å². The zero-order valence-electron chi connectivity index (χ0n) is 8.29. The Labute approximate surface area is 91.1 Å². The van der Waals surface area contributed by atoms with E-state index in [9.17, 15) is 4.79 Å². The van der Waals surface area contributed by atoms with Gasteiger partial charge in [-0.15, -0.1) is 0 Å². The molecule has 2 heterocycles. The maximum Gasteiger partial charge on any atom is 0.417 e. The van der Waals surface area contributed by atoms with Gasteiger partial charge < -0.3 is 5.11 Å². The van der Waals surface area contributed by atoms with E-state index < -0.39 is 6.09 Å². The van der Waals surface area contributed by atoms with Crippen molar-refractivity contribution in [3.63, 3.8) is 0 Å². The molecule has 2 aliphatic rings. The number of hydrogen-bond acceptors (Lipinski definition) is 2. The zero-order chi connectivity index (χ0) is 11.1. The van der Waals surface area contributed by atoms with Crippen molar-refractivity contribution in [2.45, 2.75) is 0 Å². The number of aromatic nitrogens is 2. The van der Waals surface area contributed by atoms with Crippen LogP contribution in [0.2, 0.25) is 0 Å². The maximum atomic E-state index is 11.0. The lowest BCUT2D eigenvalue weighted by Gasteiger charge is -2.04. The molecule has 0 saturated heterocycles. The fourth-order valence-corrected chi connectivity index (χ4v) is 1.89. The lowest BCUT2D eigenvalue weighted by Crippen LogP contribution is -2.11. The first-order valence-corrected chi connectivity index (χ1v) is 4.86. The van der Waals surface area contributed by atoms with Crippen LogP contribution in [0.25, 0.3) is 22.3 Å². The fourth-order valence-electron chi connectivity index (χ4n) is 1.89. The van der Waals surface area contributed by atoms with E-state index in [1.165, 1.54) is 6.20 Å². The molecular formula is C12H8N2O2. The summed E-state index contributed by atoms with van der Waals surface area (Å²) in [7, 11) is 0. The number of rotatable bonds is 0. The second kappa shape index (κ2) is 3.06. The van der Waals surface area contributed by atoms with Gasteiger partial charge in [-0.3, -0.25) is 0 Å². The number of fused-ring (bicyclic) bond motifs is 3. The van der Waals surface area contributed by atoms with Crippen LogP contribution >= 0.6 is 0 Å². The second-order valence-electron chi connectivity index (χ2n) is 3.53. The van der Waals surface area contributed by atoms with Gasteiger partial charge in [0, 0.05) is 17.1 Å². The molecule has 0 aliphatic carbocycles. The first-order chi connectivity index (χ1) is 7.77. The van der Waals surface area contributed by atoms with Crippen LogP contribution in [0.3, 0.4) is 0 Å². The zero-order valence-corrected chi connectivity index (χ0v) is 8.29. The molecule has 0 aromatic heterocycles. The molecule has 3 rings (SSSR count). The highest BCUT2D eigenvalue weighted by molar-refractivity contribution is 5.97. The van der Waals surface area contributed by atoms with Gasteiger partial charge in [0.05, 0.1) is 5.52 Å². The first kappa shape index (κ1) is 8.91. The van der Waals surface area contributed by atoms with Crippen LogP contribution in [0.4, 0.5) is 4.79 Å². The molecule has 4 heteroatoms. The van der Waals surface area contributed by atoms with Crippen molar-refractivity contribution >= 4 is 17.0 Å². The van der Waals surface area contributed by atoms with Gasteiger partial charge in [0.2, 0.25) is 0 Å². The highest BCUT2D eigenvalue weighted by atomic mass is 16.4. The van der Waals surface area contributed by atoms with E-state index in [0.29, 0.717) is 5.82 Å². The second-order valence-corrected chi connectivity index (χ2v) is 3.53. The third-order valence-corrected chi connectivity index (χ3v) is 2.59. The number of para-hydroxylation sites is 1. The van der Waals surface area contributed by atoms with Crippen molar-refractivity contribution < 1.29 is 9.90 Å². The monoisotopic (exact) mass is 212 g/mol. The van der Waals surface area contributed by atoms with E-state index in [-0.39, 0.29) is 0 Å². The summed E-state index contributed by atoms with van der Waals surface area (Å²) in [5, 5.41) is 10.0. The van der Waals surface area contributed by atoms with Crippen molar-refractivity contribution in [1.29, 1.82) is 0 Å². The van der Waals surface area contributed by atoms with E-state index in [0.717, 1.165) is 21.0 Å². The number of carbonyl (C=O) groups is 1.